The van der Waals surface area contributed by atoms with Gasteiger partial charge in [0, 0.05) is 11.8 Å². The molecule has 0 aliphatic carbocycles. The van der Waals surface area contributed by atoms with E-state index in [1.807, 2.05) is 13.0 Å². The van der Waals surface area contributed by atoms with Crippen LogP contribution >= 0.6 is 0 Å². The van der Waals surface area contributed by atoms with Crippen LogP contribution in [0.1, 0.15) is 23.9 Å². The molecule has 8 heteroatoms. The summed E-state index contributed by atoms with van der Waals surface area (Å²) in [4.78, 5) is 4.17. The number of nitrogens with zero attached hydrogens (tertiary/aromatic N) is 4. The number of ether oxygens (including phenoxy) is 1. The molecule has 5 nitrogen and oxygen atoms in total. The second-order valence-electron chi connectivity index (χ2n) is 4.63. The average molecular weight is 312 g/mol. The molecule has 2 aromatic heterocycles. The van der Waals surface area contributed by atoms with Crippen molar-refractivity contribution in [3.05, 3.63) is 41.5 Å². The molecule has 0 bridgehead atoms. The Bertz CT molecular complexity index is 664. The summed E-state index contributed by atoms with van der Waals surface area (Å²) in [6.45, 7) is 2.51. The van der Waals surface area contributed by atoms with Crippen LogP contribution in [0, 0.1) is 6.92 Å². The lowest BCUT2D eigenvalue weighted by atomic mass is 10.2. The van der Waals surface area contributed by atoms with Crippen molar-refractivity contribution in [2.24, 2.45) is 0 Å². The summed E-state index contributed by atoms with van der Waals surface area (Å²) in [5.41, 5.74) is 1.83. The minimum atomic E-state index is -4.37. The number of aromatic nitrogens is 4. The molecule has 2 aromatic rings. The minimum Gasteiger partial charge on any atom is -0.484 e. The molecular formula is C14H15F3N4O. The number of hydrogen-bond donors (Lipinski definition) is 0. The van der Waals surface area contributed by atoms with E-state index in [0.717, 1.165) is 0 Å². The first-order valence-corrected chi connectivity index (χ1v) is 6.56. The summed E-state index contributed by atoms with van der Waals surface area (Å²) < 4.78 is 43.0. The van der Waals surface area contributed by atoms with E-state index in [0.29, 0.717) is 23.5 Å². The lowest BCUT2D eigenvalue weighted by Gasteiger charge is -2.13. The molecule has 0 aliphatic rings. The molecular weight excluding hydrogens is 297 g/mol. The smallest absolute Gasteiger partial charge is 0.422 e. The highest BCUT2D eigenvalue weighted by Crippen LogP contribution is 2.23. The molecule has 0 atom stereocenters. The van der Waals surface area contributed by atoms with Crippen molar-refractivity contribution in [1.82, 2.24) is 20.0 Å². The monoisotopic (exact) mass is 312 g/mol. The van der Waals surface area contributed by atoms with Crippen LogP contribution in [0.3, 0.4) is 0 Å². The molecule has 118 valence electrons. The van der Waals surface area contributed by atoms with Crippen LogP contribution < -0.4 is 4.74 Å². The van der Waals surface area contributed by atoms with E-state index >= 15 is 0 Å². The molecule has 22 heavy (non-hydrogen) atoms. The third-order valence-corrected chi connectivity index (χ3v) is 2.86. The molecule has 0 spiro atoms. The predicted molar refractivity (Wildman–Crippen MR) is 74.4 cm³/mol. The van der Waals surface area contributed by atoms with Crippen molar-refractivity contribution in [2.75, 3.05) is 6.61 Å². The van der Waals surface area contributed by atoms with Gasteiger partial charge in [0.15, 0.2) is 6.61 Å². The van der Waals surface area contributed by atoms with Crippen molar-refractivity contribution in [2.45, 2.75) is 26.6 Å². The third-order valence-electron chi connectivity index (χ3n) is 2.86. The number of rotatable bonds is 5. The van der Waals surface area contributed by atoms with E-state index in [9.17, 15) is 13.2 Å². The maximum absolute atomic E-state index is 12.2. The zero-order valence-corrected chi connectivity index (χ0v) is 12.1. The van der Waals surface area contributed by atoms with Crippen LogP contribution in [0.2, 0.25) is 0 Å². The van der Waals surface area contributed by atoms with Crippen LogP contribution in [-0.2, 0) is 6.54 Å². The van der Waals surface area contributed by atoms with Gasteiger partial charge in [0.05, 0.1) is 18.4 Å². The molecule has 0 saturated heterocycles. The van der Waals surface area contributed by atoms with Crippen LogP contribution in [0.4, 0.5) is 13.2 Å². The van der Waals surface area contributed by atoms with Crippen LogP contribution in [0.25, 0.3) is 6.08 Å². The number of halogens is 3. The molecule has 0 saturated carbocycles. The fourth-order valence-corrected chi connectivity index (χ4v) is 1.83. The van der Waals surface area contributed by atoms with Crippen LogP contribution in [0.5, 0.6) is 5.75 Å². The quantitative estimate of drug-likeness (QED) is 0.851. The largest absolute Gasteiger partial charge is 0.484 e. The van der Waals surface area contributed by atoms with E-state index in [-0.39, 0.29) is 5.75 Å². The molecule has 2 heterocycles. The van der Waals surface area contributed by atoms with Gasteiger partial charge in [0.1, 0.15) is 11.4 Å². The highest BCUT2D eigenvalue weighted by molar-refractivity contribution is 5.41. The SMILES string of the molecule is C/C=C/c1cn(Cc2nccc(OCC(F)(F)F)c2C)nn1. The van der Waals surface area contributed by atoms with Gasteiger partial charge in [-0.2, -0.15) is 13.2 Å². The van der Waals surface area contributed by atoms with Gasteiger partial charge in [-0.25, -0.2) is 4.68 Å². The van der Waals surface area contributed by atoms with E-state index in [4.69, 9.17) is 4.74 Å². The maximum atomic E-state index is 12.2. The van der Waals surface area contributed by atoms with E-state index in [1.54, 1.807) is 23.9 Å². The molecule has 0 fully saturated rings. The van der Waals surface area contributed by atoms with Crippen molar-refractivity contribution < 1.29 is 17.9 Å². The molecule has 0 N–H and O–H groups in total. The Morgan fingerprint density at radius 2 is 2.14 bits per heavy atom. The van der Waals surface area contributed by atoms with Gasteiger partial charge < -0.3 is 4.74 Å². The minimum absolute atomic E-state index is 0.163. The Morgan fingerprint density at radius 3 is 2.82 bits per heavy atom. The van der Waals surface area contributed by atoms with E-state index in [2.05, 4.69) is 15.3 Å². The first kappa shape index (κ1) is 16.0. The van der Waals surface area contributed by atoms with Gasteiger partial charge in [-0.3, -0.25) is 4.98 Å². The normalized spacial score (nSPS) is 12.0. The highest BCUT2D eigenvalue weighted by atomic mass is 19.4. The fourth-order valence-electron chi connectivity index (χ4n) is 1.83. The van der Waals surface area contributed by atoms with Crippen molar-refractivity contribution in [1.29, 1.82) is 0 Å². The van der Waals surface area contributed by atoms with Gasteiger partial charge in [-0.05, 0) is 26.0 Å². The molecule has 0 radical (unpaired) electrons. The summed E-state index contributed by atoms with van der Waals surface area (Å²) in [6.07, 6.45) is 2.40. The van der Waals surface area contributed by atoms with Gasteiger partial charge >= 0.3 is 6.18 Å². The zero-order valence-electron chi connectivity index (χ0n) is 12.1. The van der Waals surface area contributed by atoms with E-state index in [1.165, 1.54) is 12.3 Å². The van der Waals surface area contributed by atoms with Gasteiger partial charge in [-0.15, -0.1) is 5.10 Å². The summed E-state index contributed by atoms with van der Waals surface area (Å²) in [5.74, 6) is 0.163. The number of alkyl halides is 3. The van der Waals surface area contributed by atoms with Crippen LogP contribution in [0.15, 0.2) is 24.5 Å². The molecule has 0 unspecified atom stereocenters. The summed E-state index contributed by atoms with van der Waals surface area (Å²) >= 11 is 0. The topological polar surface area (TPSA) is 52.8 Å². The fraction of sp³-hybridized carbons (Fsp3) is 0.357. The summed E-state index contributed by atoms with van der Waals surface area (Å²) in [6, 6.07) is 1.41. The average Bonchev–Trinajstić information content (AvgIpc) is 2.87. The Morgan fingerprint density at radius 1 is 1.36 bits per heavy atom. The zero-order chi connectivity index (χ0) is 16.2. The predicted octanol–water partition coefficient (Wildman–Crippen LogP) is 3.00. The lowest BCUT2D eigenvalue weighted by molar-refractivity contribution is -0.153. The second-order valence-corrected chi connectivity index (χ2v) is 4.63. The molecule has 2 rings (SSSR count). The second kappa shape index (κ2) is 6.59. The van der Waals surface area contributed by atoms with Crippen molar-refractivity contribution in [3.63, 3.8) is 0 Å². The Labute approximate surface area is 125 Å². The number of allylic oxidation sites excluding steroid dienone is 1. The molecule has 0 aromatic carbocycles. The van der Waals surface area contributed by atoms with Gasteiger partial charge in [0.2, 0.25) is 0 Å². The maximum Gasteiger partial charge on any atom is 0.422 e. The van der Waals surface area contributed by atoms with Gasteiger partial charge in [-0.1, -0.05) is 11.3 Å². The highest BCUT2D eigenvalue weighted by Gasteiger charge is 2.28. The third kappa shape index (κ3) is 4.31. The Hall–Kier alpha value is -2.38. The molecule has 0 amide bonds. The van der Waals surface area contributed by atoms with Crippen molar-refractivity contribution >= 4 is 6.08 Å². The first-order valence-electron chi connectivity index (χ1n) is 6.56. The summed E-state index contributed by atoms with van der Waals surface area (Å²) in [5, 5.41) is 7.88. The van der Waals surface area contributed by atoms with Crippen molar-refractivity contribution in [3.8, 4) is 5.75 Å². The lowest BCUT2D eigenvalue weighted by Crippen LogP contribution is -2.20. The summed E-state index contributed by atoms with van der Waals surface area (Å²) in [7, 11) is 0. The standard InChI is InChI=1S/C14H15F3N4O/c1-3-4-11-7-21(20-19-11)8-12-10(2)13(5-6-18-12)22-9-14(15,16)17/h3-7H,8-9H2,1-2H3/b4-3+. The number of pyridine rings is 1. The van der Waals surface area contributed by atoms with E-state index < -0.39 is 12.8 Å². The molecule has 0 aliphatic heterocycles. The van der Waals surface area contributed by atoms with Gasteiger partial charge in [0.25, 0.3) is 0 Å². The number of hydrogen-bond acceptors (Lipinski definition) is 4. The Kier molecular flexibility index (Phi) is 4.79. The Balaban J connectivity index is 2.14. The van der Waals surface area contributed by atoms with Crippen LogP contribution in [-0.4, -0.2) is 32.8 Å². The first-order chi connectivity index (χ1) is 10.4.